The second-order valence-corrected chi connectivity index (χ2v) is 5.52. The monoisotopic (exact) mass is 247 g/mol. The molecule has 0 atom stereocenters. The van der Waals surface area contributed by atoms with Crippen LogP contribution in [0.2, 0.25) is 0 Å². The minimum Gasteiger partial charge on any atom is -0.397 e. The van der Waals surface area contributed by atoms with Crippen LogP contribution < -0.4 is 10.6 Å². The first-order valence-corrected chi connectivity index (χ1v) is 6.91. The minimum absolute atomic E-state index is 0.878. The Bertz CT molecular complexity index is 370. The Labute approximate surface area is 111 Å². The Morgan fingerprint density at radius 3 is 2.61 bits per heavy atom. The summed E-state index contributed by atoms with van der Waals surface area (Å²) in [4.78, 5) is 4.71. The normalized spacial score (nSPS) is 17.9. The van der Waals surface area contributed by atoms with Gasteiger partial charge >= 0.3 is 0 Å². The van der Waals surface area contributed by atoms with E-state index >= 15 is 0 Å². The Hall–Kier alpha value is -1.22. The van der Waals surface area contributed by atoms with E-state index in [4.69, 9.17) is 5.73 Å². The third-order valence-corrected chi connectivity index (χ3v) is 4.06. The van der Waals surface area contributed by atoms with Gasteiger partial charge in [0, 0.05) is 13.6 Å². The van der Waals surface area contributed by atoms with Crippen LogP contribution in [0.5, 0.6) is 0 Å². The van der Waals surface area contributed by atoms with Gasteiger partial charge in [-0.05, 0) is 57.5 Å². The van der Waals surface area contributed by atoms with Crippen molar-refractivity contribution >= 4 is 11.4 Å². The molecule has 0 aromatic heterocycles. The molecule has 2 rings (SSSR count). The fourth-order valence-electron chi connectivity index (χ4n) is 2.68. The molecule has 1 aromatic rings. The van der Waals surface area contributed by atoms with Crippen LogP contribution in [0.15, 0.2) is 24.3 Å². The number of nitrogens with zero attached hydrogens (tertiary/aromatic N) is 2. The molecule has 1 aromatic carbocycles. The highest BCUT2D eigenvalue weighted by molar-refractivity contribution is 5.66. The molecular weight excluding hydrogens is 222 g/mol. The summed E-state index contributed by atoms with van der Waals surface area (Å²) in [5.41, 5.74) is 8.04. The van der Waals surface area contributed by atoms with Gasteiger partial charge in [-0.25, -0.2) is 0 Å². The first-order valence-electron chi connectivity index (χ1n) is 6.91. The van der Waals surface area contributed by atoms with Gasteiger partial charge < -0.3 is 15.5 Å². The van der Waals surface area contributed by atoms with Gasteiger partial charge in [0.25, 0.3) is 0 Å². The molecule has 1 aliphatic heterocycles. The highest BCUT2D eigenvalue weighted by Gasteiger charge is 2.17. The van der Waals surface area contributed by atoms with Gasteiger partial charge in [0.15, 0.2) is 0 Å². The Morgan fingerprint density at radius 2 is 1.94 bits per heavy atom. The van der Waals surface area contributed by atoms with E-state index in [1.165, 1.54) is 32.4 Å². The zero-order valence-electron chi connectivity index (χ0n) is 11.6. The molecule has 1 aliphatic rings. The summed E-state index contributed by atoms with van der Waals surface area (Å²) >= 11 is 0. The van der Waals surface area contributed by atoms with Crippen molar-refractivity contribution in [3.05, 3.63) is 24.3 Å². The van der Waals surface area contributed by atoms with Crippen LogP contribution >= 0.6 is 0 Å². The number of piperidine rings is 1. The molecule has 0 aliphatic carbocycles. The standard InChI is InChI=1S/C15H25N3/c1-17-10-7-13(8-11-17)9-12-18(2)15-6-4-3-5-14(15)16/h3-6,13H,7-12,16H2,1-2H3. The van der Waals surface area contributed by atoms with E-state index in [0.717, 1.165) is 23.8 Å². The molecule has 0 unspecified atom stereocenters. The maximum absolute atomic E-state index is 6.00. The van der Waals surface area contributed by atoms with E-state index in [1.54, 1.807) is 0 Å². The minimum atomic E-state index is 0.878. The highest BCUT2D eigenvalue weighted by Crippen LogP contribution is 2.24. The quantitative estimate of drug-likeness (QED) is 0.829. The van der Waals surface area contributed by atoms with Crippen molar-refractivity contribution in [1.82, 2.24) is 4.90 Å². The molecule has 1 saturated heterocycles. The lowest BCUT2D eigenvalue weighted by Gasteiger charge is -2.30. The van der Waals surface area contributed by atoms with Crippen molar-refractivity contribution in [1.29, 1.82) is 0 Å². The number of anilines is 2. The molecule has 18 heavy (non-hydrogen) atoms. The summed E-state index contributed by atoms with van der Waals surface area (Å²) in [7, 11) is 4.35. The summed E-state index contributed by atoms with van der Waals surface area (Å²) in [6, 6.07) is 8.12. The number of nitrogen functional groups attached to an aromatic ring is 1. The Balaban J connectivity index is 1.81. The lowest BCUT2D eigenvalue weighted by atomic mass is 9.93. The van der Waals surface area contributed by atoms with Crippen LogP contribution in [0, 0.1) is 5.92 Å². The van der Waals surface area contributed by atoms with Gasteiger partial charge in [-0.15, -0.1) is 0 Å². The van der Waals surface area contributed by atoms with Gasteiger partial charge in [-0.2, -0.15) is 0 Å². The Morgan fingerprint density at radius 1 is 1.28 bits per heavy atom. The molecular formula is C15H25N3. The summed E-state index contributed by atoms with van der Waals surface area (Å²) in [5, 5.41) is 0. The number of rotatable bonds is 4. The Kier molecular flexibility index (Phi) is 4.48. The number of para-hydroxylation sites is 2. The SMILES string of the molecule is CN1CCC(CCN(C)c2ccccc2N)CC1. The second-order valence-electron chi connectivity index (χ2n) is 5.52. The molecule has 0 radical (unpaired) electrons. The molecule has 0 bridgehead atoms. The van der Waals surface area contributed by atoms with Crippen LogP contribution in [0.4, 0.5) is 11.4 Å². The molecule has 100 valence electrons. The lowest BCUT2D eigenvalue weighted by Crippen LogP contribution is -2.32. The van der Waals surface area contributed by atoms with Crippen molar-refractivity contribution in [3.8, 4) is 0 Å². The third kappa shape index (κ3) is 3.39. The van der Waals surface area contributed by atoms with Crippen molar-refractivity contribution in [3.63, 3.8) is 0 Å². The molecule has 3 nitrogen and oxygen atoms in total. The van der Waals surface area contributed by atoms with Crippen molar-refractivity contribution < 1.29 is 0 Å². The molecule has 2 N–H and O–H groups in total. The molecule has 0 spiro atoms. The predicted octanol–water partition coefficient (Wildman–Crippen LogP) is 2.44. The van der Waals surface area contributed by atoms with Crippen LogP contribution in [-0.2, 0) is 0 Å². The average Bonchev–Trinajstić information content (AvgIpc) is 2.38. The van der Waals surface area contributed by atoms with Gasteiger partial charge in [0.2, 0.25) is 0 Å². The maximum Gasteiger partial charge on any atom is 0.0597 e. The second kappa shape index (κ2) is 6.10. The highest BCUT2D eigenvalue weighted by atomic mass is 15.1. The zero-order valence-corrected chi connectivity index (χ0v) is 11.6. The summed E-state index contributed by atoms with van der Waals surface area (Å²) in [5.74, 6) is 0.883. The van der Waals surface area contributed by atoms with Gasteiger partial charge in [0.05, 0.1) is 11.4 Å². The van der Waals surface area contributed by atoms with Crippen molar-refractivity contribution in [2.24, 2.45) is 5.92 Å². The molecule has 1 heterocycles. The summed E-state index contributed by atoms with van der Waals surface area (Å²) in [6.07, 6.45) is 3.96. The van der Waals surface area contributed by atoms with Gasteiger partial charge in [-0.3, -0.25) is 0 Å². The zero-order chi connectivity index (χ0) is 13.0. The van der Waals surface area contributed by atoms with Gasteiger partial charge in [-0.1, -0.05) is 12.1 Å². The molecule has 1 fully saturated rings. The van der Waals surface area contributed by atoms with Crippen molar-refractivity contribution in [2.75, 3.05) is 44.4 Å². The average molecular weight is 247 g/mol. The summed E-state index contributed by atoms with van der Waals surface area (Å²) < 4.78 is 0. The number of hydrogen-bond donors (Lipinski definition) is 1. The topological polar surface area (TPSA) is 32.5 Å². The molecule has 0 saturated carbocycles. The lowest BCUT2D eigenvalue weighted by molar-refractivity contribution is 0.213. The fraction of sp³-hybridized carbons (Fsp3) is 0.600. The van der Waals surface area contributed by atoms with E-state index in [1.807, 2.05) is 12.1 Å². The first-order chi connectivity index (χ1) is 8.66. The maximum atomic E-state index is 6.00. The molecule has 3 heteroatoms. The smallest absolute Gasteiger partial charge is 0.0597 e. The van der Waals surface area contributed by atoms with E-state index in [-0.39, 0.29) is 0 Å². The van der Waals surface area contributed by atoms with Crippen LogP contribution in [0.1, 0.15) is 19.3 Å². The van der Waals surface area contributed by atoms with Crippen LogP contribution in [-0.4, -0.2) is 38.6 Å². The number of benzene rings is 1. The largest absolute Gasteiger partial charge is 0.397 e. The first kappa shape index (κ1) is 13.2. The fourth-order valence-corrected chi connectivity index (χ4v) is 2.68. The van der Waals surface area contributed by atoms with E-state index in [2.05, 4.69) is 36.0 Å². The molecule has 0 amide bonds. The van der Waals surface area contributed by atoms with E-state index < -0.39 is 0 Å². The number of likely N-dealkylation sites (tertiary alicyclic amines) is 1. The van der Waals surface area contributed by atoms with Crippen LogP contribution in [0.3, 0.4) is 0 Å². The predicted molar refractivity (Wildman–Crippen MR) is 79.0 cm³/mol. The third-order valence-electron chi connectivity index (χ3n) is 4.06. The number of nitrogens with two attached hydrogens (primary N) is 1. The summed E-state index contributed by atoms with van der Waals surface area (Å²) in [6.45, 7) is 3.60. The van der Waals surface area contributed by atoms with E-state index in [0.29, 0.717) is 0 Å². The van der Waals surface area contributed by atoms with Gasteiger partial charge in [0.1, 0.15) is 0 Å². The number of hydrogen-bond acceptors (Lipinski definition) is 3. The van der Waals surface area contributed by atoms with Crippen molar-refractivity contribution in [2.45, 2.75) is 19.3 Å². The van der Waals surface area contributed by atoms with Crippen LogP contribution in [0.25, 0.3) is 0 Å². The van der Waals surface area contributed by atoms with E-state index in [9.17, 15) is 0 Å².